The number of sulfonamides is 1. The highest BCUT2D eigenvalue weighted by Gasteiger charge is 2.41. The minimum Gasteiger partial charge on any atom is -0.352 e. The van der Waals surface area contributed by atoms with Crippen LogP contribution in [-0.4, -0.2) is 36.9 Å². The van der Waals surface area contributed by atoms with Crippen LogP contribution >= 0.6 is 0 Å². The Morgan fingerprint density at radius 1 is 1.35 bits per heavy atom. The smallest absolute Gasteiger partial charge is 0.244 e. The first kappa shape index (κ1) is 14.1. The first-order valence-electron chi connectivity index (χ1n) is 7.34. The number of hydrogen-bond acceptors (Lipinski definition) is 3. The Labute approximate surface area is 121 Å². The molecular weight excluding hydrogens is 274 g/mol. The van der Waals surface area contributed by atoms with Gasteiger partial charge in [-0.2, -0.15) is 4.31 Å². The van der Waals surface area contributed by atoms with Gasteiger partial charge in [0.25, 0.3) is 0 Å². The van der Waals surface area contributed by atoms with Crippen molar-refractivity contribution >= 4 is 10.0 Å². The summed E-state index contributed by atoms with van der Waals surface area (Å²) in [5.74, 6) is 0.589. The summed E-state index contributed by atoms with van der Waals surface area (Å²) in [6.45, 7) is 1.39. The lowest BCUT2D eigenvalue weighted by Gasteiger charge is -2.20. The second-order valence-electron chi connectivity index (χ2n) is 6.06. The molecule has 0 saturated heterocycles. The van der Waals surface area contributed by atoms with Gasteiger partial charge in [0.2, 0.25) is 10.0 Å². The van der Waals surface area contributed by atoms with Crippen molar-refractivity contribution in [2.75, 3.05) is 13.6 Å². The van der Waals surface area contributed by atoms with Crippen molar-refractivity contribution in [1.29, 1.82) is 0 Å². The average Bonchev–Trinajstić information content (AvgIpc) is 3.28. The van der Waals surface area contributed by atoms with Crippen LogP contribution in [0.5, 0.6) is 0 Å². The zero-order valence-corrected chi connectivity index (χ0v) is 13.0. The lowest BCUT2D eigenvalue weighted by Crippen LogP contribution is -2.34. The first-order valence-corrected chi connectivity index (χ1v) is 8.78. The molecule has 0 aliphatic heterocycles. The molecule has 3 rings (SSSR count). The van der Waals surface area contributed by atoms with E-state index in [1.54, 1.807) is 16.6 Å². The first-order chi connectivity index (χ1) is 9.52. The predicted molar refractivity (Wildman–Crippen MR) is 77.8 cm³/mol. The van der Waals surface area contributed by atoms with E-state index in [0.29, 0.717) is 23.9 Å². The topological polar surface area (TPSA) is 54.3 Å². The molecule has 1 N–H and O–H groups in total. The molecule has 20 heavy (non-hydrogen) atoms. The molecule has 0 bridgehead atoms. The van der Waals surface area contributed by atoms with Gasteiger partial charge in [0.1, 0.15) is 4.90 Å². The highest BCUT2D eigenvalue weighted by molar-refractivity contribution is 7.89. The molecule has 0 radical (unpaired) electrons. The highest BCUT2D eigenvalue weighted by Crippen LogP contribution is 2.38. The summed E-state index contributed by atoms with van der Waals surface area (Å²) in [7, 11) is 0.435. The van der Waals surface area contributed by atoms with Gasteiger partial charge < -0.3 is 9.88 Å². The number of hydrogen-bond donors (Lipinski definition) is 1. The van der Waals surface area contributed by atoms with Crippen molar-refractivity contribution in [1.82, 2.24) is 14.2 Å². The molecule has 5 nitrogen and oxygen atoms in total. The fourth-order valence-electron chi connectivity index (χ4n) is 2.57. The maximum atomic E-state index is 12.8. The summed E-state index contributed by atoms with van der Waals surface area (Å²) < 4.78 is 29.3. The van der Waals surface area contributed by atoms with Crippen molar-refractivity contribution in [2.24, 2.45) is 13.0 Å². The molecule has 0 amide bonds. The largest absolute Gasteiger partial charge is 0.352 e. The Kier molecular flexibility index (Phi) is 3.64. The molecule has 2 saturated carbocycles. The van der Waals surface area contributed by atoms with Crippen LogP contribution in [0.4, 0.5) is 0 Å². The summed E-state index contributed by atoms with van der Waals surface area (Å²) in [4.78, 5) is 0.442. The number of rotatable bonds is 7. The molecule has 1 aromatic rings. The monoisotopic (exact) mass is 297 g/mol. The normalized spacial score (nSPS) is 19.8. The average molecular weight is 297 g/mol. The molecule has 0 unspecified atom stereocenters. The molecule has 2 aliphatic carbocycles. The van der Waals surface area contributed by atoms with Crippen LogP contribution < -0.4 is 5.32 Å². The number of nitrogens with zero attached hydrogens (tertiary/aromatic N) is 2. The van der Waals surface area contributed by atoms with Gasteiger partial charge >= 0.3 is 0 Å². The quantitative estimate of drug-likeness (QED) is 0.825. The molecule has 1 heterocycles. The van der Waals surface area contributed by atoms with Crippen molar-refractivity contribution < 1.29 is 8.42 Å². The fraction of sp³-hybridized carbons (Fsp3) is 0.714. The van der Waals surface area contributed by atoms with Crippen LogP contribution in [0.15, 0.2) is 17.2 Å². The molecule has 112 valence electrons. The third-order valence-electron chi connectivity index (χ3n) is 4.14. The molecule has 2 fully saturated rings. The number of aromatic nitrogens is 1. The Bertz CT molecular complexity index is 586. The van der Waals surface area contributed by atoms with Crippen LogP contribution in [-0.2, 0) is 23.6 Å². The Hall–Kier alpha value is -0.850. The van der Waals surface area contributed by atoms with E-state index in [9.17, 15) is 8.42 Å². The van der Waals surface area contributed by atoms with Crippen LogP contribution in [0.1, 0.15) is 31.4 Å². The molecule has 6 heteroatoms. The van der Waals surface area contributed by atoms with E-state index in [4.69, 9.17) is 0 Å². The van der Waals surface area contributed by atoms with E-state index in [-0.39, 0.29) is 6.04 Å². The predicted octanol–water partition coefficient (Wildman–Crippen LogP) is 1.31. The maximum absolute atomic E-state index is 12.8. The van der Waals surface area contributed by atoms with Crippen molar-refractivity contribution in [3.05, 3.63) is 18.0 Å². The van der Waals surface area contributed by atoms with E-state index in [1.165, 1.54) is 12.8 Å². The summed E-state index contributed by atoms with van der Waals surface area (Å²) in [5.41, 5.74) is 0.994. The Balaban J connectivity index is 1.86. The standard InChI is InChI=1S/C14H23N3O2S/c1-15-8-13-7-14(10-16(13)2)20(18,19)17(12-5-6-12)9-11-3-4-11/h7,10-12,15H,3-6,8-9H2,1-2H3. The van der Waals surface area contributed by atoms with Gasteiger partial charge in [-0.3, -0.25) is 0 Å². The third kappa shape index (κ3) is 2.77. The van der Waals surface area contributed by atoms with Gasteiger partial charge in [0.05, 0.1) is 0 Å². The third-order valence-corrected chi connectivity index (χ3v) is 6.02. The summed E-state index contributed by atoms with van der Waals surface area (Å²) in [5, 5.41) is 3.07. The van der Waals surface area contributed by atoms with E-state index < -0.39 is 10.0 Å². The van der Waals surface area contributed by atoms with Gasteiger partial charge in [-0.25, -0.2) is 8.42 Å². The molecule has 0 atom stereocenters. The Morgan fingerprint density at radius 2 is 2.05 bits per heavy atom. The van der Waals surface area contributed by atoms with Gasteiger partial charge in [-0.05, 0) is 44.7 Å². The van der Waals surface area contributed by atoms with Crippen molar-refractivity contribution in [3.8, 4) is 0 Å². The van der Waals surface area contributed by atoms with E-state index in [0.717, 1.165) is 18.5 Å². The summed E-state index contributed by atoms with van der Waals surface area (Å²) in [6, 6.07) is 2.04. The molecule has 0 aromatic carbocycles. The zero-order valence-electron chi connectivity index (χ0n) is 12.2. The van der Waals surface area contributed by atoms with Gasteiger partial charge in [0.15, 0.2) is 0 Å². The number of aryl methyl sites for hydroxylation is 1. The molecule has 0 spiro atoms. The second kappa shape index (κ2) is 5.16. The minimum atomic E-state index is -3.33. The van der Waals surface area contributed by atoms with E-state index >= 15 is 0 Å². The number of nitrogens with one attached hydrogen (secondary N) is 1. The van der Waals surface area contributed by atoms with E-state index in [1.807, 2.05) is 18.7 Å². The highest BCUT2D eigenvalue weighted by atomic mass is 32.2. The molecule has 1 aromatic heterocycles. The van der Waals surface area contributed by atoms with Gasteiger partial charge in [0, 0.05) is 38.1 Å². The SMILES string of the molecule is CNCc1cc(S(=O)(=O)N(CC2CC2)C2CC2)cn1C. The molecular formula is C14H23N3O2S. The lowest BCUT2D eigenvalue weighted by molar-refractivity contribution is 0.389. The second-order valence-corrected chi connectivity index (χ2v) is 7.95. The lowest BCUT2D eigenvalue weighted by atomic mass is 10.4. The van der Waals surface area contributed by atoms with Crippen LogP contribution in [0.25, 0.3) is 0 Å². The molecule has 2 aliphatic rings. The summed E-state index contributed by atoms with van der Waals surface area (Å²) in [6.07, 6.45) is 6.13. The van der Waals surface area contributed by atoms with Crippen LogP contribution in [0.2, 0.25) is 0 Å². The van der Waals surface area contributed by atoms with Gasteiger partial charge in [-0.15, -0.1) is 0 Å². The van der Waals surface area contributed by atoms with Crippen molar-refractivity contribution in [3.63, 3.8) is 0 Å². The maximum Gasteiger partial charge on any atom is 0.244 e. The van der Waals surface area contributed by atoms with E-state index in [2.05, 4.69) is 5.32 Å². The fourth-order valence-corrected chi connectivity index (χ4v) is 4.43. The van der Waals surface area contributed by atoms with Crippen molar-refractivity contribution in [2.45, 2.75) is 43.2 Å². The Morgan fingerprint density at radius 3 is 2.60 bits per heavy atom. The van der Waals surface area contributed by atoms with Gasteiger partial charge in [-0.1, -0.05) is 0 Å². The zero-order chi connectivity index (χ0) is 14.3. The van der Waals surface area contributed by atoms with Crippen LogP contribution in [0, 0.1) is 5.92 Å². The summed E-state index contributed by atoms with van der Waals surface area (Å²) >= 11 is 0. The van der Waals surface area contributed by atoms with Crippen LogP contribution in [0.3, 0.4) is 0 Å². The minimum absolute atomic E-state index is 0.244.